The zero-order valence-electron chi connectivity index (χ0n) is 18.9. The second-order valence-electron chi connectivity index (χ2n) is 8.59. The van der Waals surface area contributed by atoms with Gasteiger partial charge in [-0.25, -0.2) is 4.90 Å². The summed E-state index contributed by atoms with van der Waals surface area (Å²) in [6, 6.07) is 16.0. The van der Waals surface area contributed by atoms with Gasteiger partial charge in [0.15, 0.2) is 5.78 Å². The number of nitrogens with zero attached hydrogens (tertiary/aromatic N) is 2. The molecule has 0 aliphatic carbocycles. The van der Waals surface area contributed by atoms with Crippen LogP contribution < -0.4 is 9.80 Å². The largest absolute Gasteiger partial charge is 0.418 e. The maximum atomic E-state index is 13.7. The van der Waals surface area contributed by atoms with Crippen molar-refractivity contribution in [2.75, 3.05) is 9.80 Å². The van der Waals surface area contributed by atoms with Crippen molar-refractivity contribution in [2.45, 2.75) is 18.6 Å². The van der Waals surface area contributed by atoms with Crippen LogP contribution in [0.2, 0.25) is 0 Å². The molecule has 0 radical (unpaired) electrons. The molecule has 1 fully saturated rings. The molecule has 3 aromatic rings. The second kappa shape index (κ2) is 8.81. The smallest absolute Gasteiger partial charge is 0.293 e. The van der Waals surface area contributed by atoms with E-state index in [4.69, 9.17) is 0 Å². The summed E-state index contributed by atoms with van der Waals surface area (Å²) in [6.45, 7) is 0. The first-order chi connectivity index (χ1) is 17.6. The molecule has 3 aromatic carbocycles. The van der Waals surface area contributed by atoms with E-state index >= 15 is 0 Å². The van der Waals surface area contributed by atoms with E-state index in [1.165, 1.54) is 42.5 Å². The normalized spacial score (nSPS) is 18.4. The van der Waals surface area contributed by atoms with Gasteiger partial charge in [-0.3, -0.25) is 28.9 Å². The predicted molar refractivity (Wildman–Crippen MR) is 125 cm³/mol. The van der Waals surface area contributed by atoms with E-state index in [9.17, 15) is 37.1 Å². The number of ketones is 2. The van der Waals surface area contributed by atoms with Gasteiger partial charge in [0.05, 0.1) is 28.4 Å². The number of Topliss-reactive ketones (excluding diaryl/α,β-unsaturated/α-hetero) is 2. The van der Waals surface area contributed by atoms with Crippen LogP contribution in [0.5, 0.6) is 0 Å². The molecular formula is C27H17F3N2O5. The Hall–Kier alpha value is -4.60. The summed E-state index contributed by atoms with van der Waals surface area (Å²) >= 11 is 0. The molecule has 0 spiro atoms. The molecule has 2 aliphatic rings. The molecule has 37 heavy (non-hydrogen) atoms. The molecule has 0 unspecified atom stereocenters. The first-order valence-corrected chi connectivity index (χ1v) is 11.2. The lowest BCUT2D eigenvalue weighted by Crippen LogP contribution is -2.51. The van der Waals surface area contributed by atoms with Crippen molar-refractivity contribution in [1.29, 1.82) is 0 Å². The highest BCUT2D eigenvalue weighted by molar-refractivity contribution is 6.53. The third-order valence-corrected chi connectivity index (χ3v) is 6.44. The summed E-state index contributed by atoms with van der Waals surface area (Å²) in [5.74, 6) is -6.23. The number of amides is 3. The lowest BCUT2D eigenvalue weighted by Gasteiger charge is -2.30. The lowest BCUT2D eigenvalue weighted by molar-refractivity contribution is -0.137. The number of carbonyl (C=O) groups excluding carboxylic acids is 5. The highest BCUT2D eigenvalue weighted by atomic mass is 19.4. The average molecular weight is 506 g/mol. The number of imide groups is 1. The lowest BCUT2D eigenvalue weighted by atomic mass is 9.89. The minimum Gasteiger partial charge on any atom is -0.293 e. The zero-order valence-corrected chi connectivity index (χ0v) is 18.9. The Labute approximate surface area is 208 Å². The molecule has 2 aliphatic heterocycles. The van der Waals surface area contributed by atoms with E-state index < -0.39 is 65.1 Å². The van der Waals surface area contributed by atoms with Gasteiger partial charge in [0.2, 0.25) is 11.8 Å². The monoisotopic (exact) mass is 506 g/mol. The summed E-state index contributed by atoms with van der Waals surface area (Å²) in [5.41, 5.74) is -1.65. The van der Waals surface area contributed by atoms with Crippen molar-refractivity contribution >= 4 is 40.7 Å². The molecule has 3 amide bonds. The molecule has 10 heteroatoms. The van der Waals surface area contributed by atoms with E-state index in [1.807, 2.05) is 0 Å². The molecule has 0 bridgehead atoms. The van der Waals surface area contributed by atoms with E-state index in [1.54, 1.807) is 18.2 Å². The third-order valence-electron chi connectivity index (χ3n) is 6.44. The molecular weight excluding hydrogens is 489 g/mol. The van der Waals surface area contributed by atoms with Gasteiger partial charge in [0.1, 0.15) is 6.04 Å². The molecule has 0 aromatic heterocycles. The van der Waals surface area contributed by atoms with Crippen LogP contribution in [-0.4, -0.2) is 35.3 Å². The summed E-state index contributed by atoms with van der Waals surface area (Å²) in [5, 5.41) is 0. The average Bonchev–Trinajstić information content (AvgIpc) is 3.32. The fourth-order valence-corrected chi connectivity index (χ4v) is 4.80. The van der Waals surface area contributed by atoms with Crippen molar-refractivity contribution < 1.29 is 37.1 Å². The van der Waals surface area contributed by atoms with Gasteiger partial charge in [0.25, 0.3) is 11.7 Å². The number of anilines is 2. The summed E-state index contributed by atoms with van der Waals surface area (Å²) < 4.78 is 41.0. The molecule has 186 valence electrons. The van der Waals surface area contributed by atoms with Crippen LogP contribution >= 0.6 is 0 Å². The van der Waals surface area contributed by atoms with Crippen LogP contribution in [0.3, 0.4) is 0 Å². The summed E-state index contributed by atoms with van der Waals surface area (Å²) in [4.78, 5) is 67.4. The van der Waals surface area contributed by atoms with Gasteiger partial charge in [-0.2, -0.15) is 13.2 Å². The van der Waals surface area contributed by atoms with Gasteiger partial charge in [0, 0.05) is 12.0 Å². The van der Waals surface area contributed by atoms with E-state index in [0.29, 0.717) is 4.90 Å². The molecule has 0 saturated carbocycles. The summed E-state index contributed by atoms with van der Waals surface area (Å²) in [6.07, 6.45) is -5.49. The van der Waals surface area contributed by atoms with Crippen molar-refractivity contribution in [1.82, 2.24) is 0 Å². The Kier molecular flexibility index (Phi) is 5.74. The SMILES string of the molecule is O=C1C(=O)N([C@@H](C(=O)c2ccccc2)[C@H]2CC(=O)N(c3ccccc3C(F)(F)F)C2=O)c2ccccc21. The number of hydrogen-bond donors (Lipinski definition) is 0. The maximum Gasteiger partial charge on any atom is 0.418 e. The number of carbonyl (C=O) groups is 5. The number of benzene rings is 3. The van der Waals surface area contributed by atoms with Gasteiger partial charge in [-0.1, -0.05) is 54.6 Å². The Balaban J connectivity index is 1.63. The molecule has 1 saturated heterocycles. The van der Waals surface area contributed by atoms with Crippen LogP contribution in [0.4, 0.5) is 24.5 Å². The van der Waals surface area contributed by atoms with Gasteiger partial charge < -0.3 is 0 Å². The number of para-hydroxylation sites is 2. The van der Waals surface area contributed by atoms with E-state index in [0.717, 1.165) is 23.1 Å². The fraction of sp³-hybridized carbons (Fsp3) is 0.148. The quantitative estimate of drug-likeness (QED) is 0.296. The van der Waals surface area contributed by atoms with Crippen molar-refractivity contribution in [2.24, 2.45) is 5.92 Å². The highest BCUT2D eigenvalue weighted by Crippen LogP contribution is 2.42. The molecule has 5 rings (SSSR count). The number of hydrogen-bond acceptors (Lipinski definition) is 5. The first kappa shape index (κ1) is 24.1. The van der Waals surface area contributed by atoms with E-state index in [2.05, 4.69) is 0 Å². The first-order valence-electron chi connectivity index (χ1n) is 11.2. The van der Waals surface area contributed by atoms with Crippen molar-refractivity contribution in [3.63, 3.8) is 0 Å². The van der Waals surface area contributed by atoms with Crippen molar-refractivity contribution in [3.8, 4) is 0 Å². The van der Waals surface area contributed by atoms with Gasteiger partial charge >= 0.3 is 6.18 Å². The number of alkyl halides is 3. The van der Waals surface area contributed by atoms with E-state index in [-0.39, 0.29) is 16.8 Å². The fourth-order valence-electron chi connectivity index (χ4n) is 4.80. The van der Waals surface area contributed by atoms with Crippen LogP contribution in [0.25, 0.3) is 0 Å². The predicted octanol–water partition coefficient (Wildman–Crippen LogP) is 4.07. The van der Waals surface area contributed by atoms with Crippen LogP contribution in [0.15, 0.2) is 78.9 Å². The molecule has 2 atom stereocenters. The van der Waals surface area contributed by atoms with Crippen LogP contribution in [0, 0.1) is 5.92 Å². The van der Waals surface area contributed by atoms with Crippen molar-refractivity contribution in [3.05, 3.63) is 95.6 Å². The van der Waals surface area contributed by atoms with Gasteiger partial charge in [-0.05, 0) is 24.3 Å². The number of fused-ring (bicyclic) bond motifs is 1. The van der Waals surface area contributed by atoms with Gasteiger partial charge in [-0.15, -0.1) is 0 Å². The third kappa shape index (κ3) is 3.90. The minimum absolute atomic E-state index is 0.0226. The number of rotatable bonds is 5. The van der Waals surface area contributed by atoms with Crippen LogP contribution in [0.1, 0.15) is 32.7 Å². The minimum atomic E-state index is -4.86. The topological polar surface area (TPSA) is 91.8 Å². The Bertz CT molecular complexity index is 1470. The Morgan fingerprint density at radius 3 is 2.08 bits per heavy atom. The Morgan fingerprint density at radius 2 is 1.41 bits per heavy atom. The maximum absolute atomic E-state index is 13.7. The standard InChI is InChI=1S/C27H17F3N2O5/c28-27(29,30)18-11-5-7-13-20(18)31-21(33)14-17(25(31)36)22(23(34)15-8-2-1-3-9-15)32-19-12-6-4-10-16(19)24(35)26(32)37/h1-13,17,22H,14H2/t17-,22-/m1/s1. The second-order valence-corrected chi connectivity index (χ2v) is 8.59. The van der Waals surface area contributed by atoms with Crippen LogP contribution in [-0.2, 0) is 20.6 Å². The highest BCUT2D eigenvalue weighted by Gasteiger charge is 2.53. The molecule has 7 nitrogen and oxygen atoms in total. The molecule has 0 N–H and O–H groups in total. The zero-order chi connectivity index (χ0) is 26.5. The number of halogens is 3. The Morgan fingerprint density at radius 1 is 0.811 bits per heavy atom. The molecule has 2 heterocycles. The summed E-state index contributed by atoms with van der Waals surface area (Å²) in [7, 11) is 0.